The Morgan fingerprint density at radius 3 is 2.54 bits per heavy atom. The molecule has 3 rings (SSSR count). The van der Waals surface area contributed by atoms with Crippen molar-refractivity contribution < 1.29 is 19.1 Å². The molecular weight excluding hydrogens is 348 g/mol. The number of fused-ring (bicyclic) bond motifs is 1. The summed E-state index contributed by atoms with van der Waals surface area (Å²) in [6.07, 6.45) is 2.46. The molecule has 1 atom stereocenters. The highest BCUT2D eigenvalue weighted by Gasteiger charge is 2.21. The van der Waals surface area contributed by atoms with Gasteiger partial charge in [0.25, 0.3) is 0 Å². The molecule has 0 heterocycles. The highest BCUT2D eigenvalue weighted by atomic mass is 32.2. The average Bonchev–Trinajstić information content (AvgIpc) is 3.13. The topological polar surface area (TPSA) is 52.6 Å². The number of rotatable bonds is 7. The van der Waals surface area contributed by atoms with Crippen molar-refractivity contribution in [3.8, 4) is 5.75 Å². The number of ether oxygens (including phenoxy) is 2. The minimum atomic E-state index is -0.779. The molecular formula is C21H22O4S. The van der Waals surface area contributed by atoms with Crippen LogP contribution in [0.25, 0.3) is 0 Å². The number of Topliss-reactive ketones (excluding diaryl/α,β-unsaturated/α-hetero) is 1. The molecule has 5 heteroatoms. The summed E-state index contributed by atoms with van der Waals surface area (Å²) in [7, 11) is 1.61. The Morgan fingerprint density at radius 1 is 1.08 bits per heavy atom. The molecule has 0 amide bonds. The molecule has 0 radical (unpaired) electrons. The maximum Gasteiger partial charge on any atom is 0.316 e. The van der Waals surface area contributed by atoms with Crippen molar-refractivity contribution in [3.63, 3.8) is 0 Å². The van der Waals surface area contributed by atoms with Crippen molar-refractivity contribution in [2.45, 2.75) is 37.2 Å². The van der Waals surface area contributed by atoms with Crippen LogP contribution < -0.4 is 4.74 Å². The van der Waals surface area contributed by atoms with Gasteiger partial charge in [-0.05, 0) is 67.6 Å². The summed E-state index contributed by atoms with van der Waals surface area (Å²) in [5.41, 5.74) is 3.18. The second-order valence-electron chi connectivity index (χ2n) is 6.30. The van der Waals surface area contributed by atoms with Gasteiger partial charge >= 0.3 is 5.97 Å². The van der Waals surface area contributed by atoms with E-state index in [2.05, 4.69) is 0 Å². The number of ketones is 1. The van der Waals surface area contributed by atoms with Crippen molar-refractivity contribution in [1.29, 1.82) is 0 Å². The quantitative estimate of drug-likeness (QED) is 0.417. The van der Waals surface area contributed by atoms with Crippen LogP contribution >= 0.6 is 11.8 Å². The lowest BCUT2D eigenvalue weighted by Gasteiger charge is -2.13. The number of carbonyl (C=O) groups excluding carboxylic acids is 2. The molecule has 1 aliphatic rings. The van der Waals surface area contributed by atoms with Gasteiger partial charge in [0.1, 0.15) is 5.75 Å². The van der Waals surface area contributed by atoms with Gasteiger partial charge in [0.05, 0.1) is 12.9 Å². The van der Waals surface area contributed by atoms with Crippen molar-refractivity contribution in [3.05, 3.63) is 59.2 Å². The minimum absolute atomic E-state index is 0.150. The number of hydrogen-bond acceptors (Lipinski definition) is 5. The third-order valence-electron chi connectivity index (χ3n) is 4.48. The SMILES string of the molecule is COc1ccc(SCC(=O)O[C@@H](C)C(=O)c2ccc3c(c2)CCC3)cc1. The Kier molecular flexibility index (Phi) is 5.99. The molecule has 0 spiro atoms. The summed E-state index contributed by atoms with van der Waals surface area (Å²) < 4.78 is 10.4. The van der Waals surface area contributed by atoms with Crippen LogP contribution in [0.2, 0.25) is 0 Å². The summed E-state index contributed by atoms with van der Waals surface area (Å²) in [5.74, 6) is 0.384. The zero-order valence-electron chi connectivity index (χ0n) is 15.0. The molecule has 26 heavy (non-hydrogen) atoms. The molecule has 0 saturated heterocycles. The van der Waals surface area contributed by atoms with Gasteiger partial charge in [0, 0.05) is 10.5 Å². The first-order valence-electron chi connectivity index (χ1n) is 8.69. The predicted octanol–water partition coefficient (Wildman–Crippen LogP) is 4.09. The predicted molar refractivity (Wildman–Crippen MR) is 102 cm³/mol. The fourth-order valence-corrected chi connectivity index (χ4v) is 3.74. The molecule has 0 fully saturated rings. The monoisotopic (exact) mass is 370 g/mol. The lowest BCUT2D eigenvalue weighted by atomic mass is 10.0. The van der Waals surface area contributed by atoms with Crippen LogP contribution in [-0.2, 0) is 22.4 Å². The second-order valence-corrected chi connectivity index (χ2v) is 7.35. The first kappa shape index (κ1) is 18.5. The van der Waals surface area contributed by atoms with Crippen LogP contribution in [0, 0.1) is 0 Å². The van der Waals surface area contributed by atoms with E-state index in [1.54, 1.807) is 14.0 Å². The van der Waals surface area contributed by atoms with Gasteiger partial charge in [-0.2, -0.15) is 0 Å². The van der Waals surface area contributed by atoms with Gasteiger partial charge in [-0.25, -0.2) is 0 Å². The molecule has 0 aromatic heterocycles. The number of carbonyl (C=O) groups is 2. The number of esters is 1. The summed E-state index contributed by atoms with van der Waals surface area (Å²) in [6.45, 7) is 1.63. The molecule has 0 N–H and O–H groups in total. The van der Waals surface area contributed by atoms with Crippen molar-refractivity contribution in [2.24, 2.45) is 0 Å². The van der Waals surface area contributed by atoms with Crippen LogP contribution in [-0.4, -0.2) is 30.7 Å². The van der Waals surface area contributed by atoms with Gasteiger partial charge in [0.15, 0.2) is 6.10 Å². The molecule has 136 valence electrons. The highest BCUT2D eigenvalue weighted by Crippen LogP contribution is 2.24. The third-order valence-corrected chi connectivity index (χ3v) is 5.46. The Bertz CT molecular complexity index is 798. The Labute approximate surface area is 157 Å². The zero-order chi connectivity index (χ0) is 18.5. The normalized spacial score (nSPS) is 13.8. The van der Waals surface area contributed by atoms with Crippen LogP contribution in [0.4, 0.5) is 0 Å². The van der Waals surface area contributed by atoms with E-state index in [0.717, 1.165) is 29.9 Å². The highest BCUT2D eigenvalue weighted by molar-refractivity contribution is 8.00. The smallest absolute Gasteiger partial charge is 0.316 e. The summed E-state index contributed by atoms with van der Waals surface area (Å²) in [5, 5.41) is 0. The first-order chi connectivity index (χ1) is 12.6. The standard InChI is InChI=1S/C21H22O4S/c1-14(21(23)17-7-6-15-4-3-5-16(15)12-17)25-20(22)13-26-19-10-8-18(24-2)9-11-19/h6-12,14H,3-5,13H2,1-2H3/t14-/m0/s1. The Morgan fingerprint density at radius 2 is 1.81 bits per heavy atom. The third kappa shape index (κ3) is 4.47. The van der Waals surface area contributed by atoms with Gasteiger partial charge in [0.2, 0.25) is 5.78 Å². The molecule has 2 aromatic carbocycles. The molecule has 1 aliphatic carbocycles. The lowest BCUT2D eigenvalue weighted by Crippen LogP contribution is -2.25. The maximum absolute atomic E-state index is 12.5. The van der Waals surface area contributed by atoms with E-state index in [1.807, 2.05) is 42.5 Å². The molecule has 0 saturated carbocycles. The van der Waals surface area contributed by atoms with Crippen molar-refractivity contribution in [2.75, 3.05) is 12.9 Å². The lowest BCUT2D eigenvalue weighted by molar-refractivity contribution is -0.143. The zero-order valence-corrected chi connectivity index (χ0v) is 15.8. The number of aryl methyl sites for hydroxylation is 2. The number of hydrogen-bond donors (Lipinski definition) is 0. The Balaban J connectivity index is 1.52. The summed E-state index contributed by atoms with van der Waals surface area (Å²) in [4.78, 5) is 25.5. The number of benzene rings is 2. The van der Waals surface area contributed by atoms with E-state index < -0.39 is 12.1 Å². The molecule has 2 aromatic rings. The minimum Gasteiger partial charge on any atom is -0.497 e. The number of methoxy groups -OCH3 is 1. The van der Waals surface area contributed by atoms with Crippen LogP contribution in [0.15, 0.2) is 47.4 Å². The second kappa shape index (κ2) is 8.41. The van der Waals surface area contributed by atoms with Gasteiger partial charge in [-0.15, -0.1) is 11.8 Å². The Hall–Kier alpha value is -2.27. The van der Waals surface area contributed by atoms with E-state index in [0.29, 0.717) is 5.56 Å². The van der Waals surface area contributed by atoms with Gasteiger partial charge in [-0.1, -0.05) is 12.1 Å². The molecule has 0 bridgehead atoms. The average molecular weight is 370 g/mol. The maximum atomic E-state index is 12.5. The van der Waals surface area contributed by atoms with Gasteiger partial charge in [-0.3, -0.25) is 9.59 Å². The fraction of sp³-hybridized carbons (Fsp3) is 0.333. The fourth-order valence-electron chi connectivity index (χ4n) is 3.06. The van der Waals surface area contributed by atoms with Gasteiger partial charge < -0.3 is 9.47 Å². The van der Waals surface area contributed by atoms with E-state index in [1.165, 1.54) is 22.9 Å². The van der Waals surface area contributed by atoms with Crippen molar-refractivity contribution >= 4 is 23.5 Å². The van der Waals surface area contributed by atoms with Crippen LogP contribution in [0.3, 0.4) is 0 Å². The van der Waals surface area contributed by atoms with E-state index in [4.69, 9.17) is 9.47 Å². The van der Waals surface area contributed by atoms with Crippen LogP contribution in [0.5, 0.6) is 5.75 Å². The van der Waals surface area contributed by atoms with Crippen LogP contribution in [0.1, 0.15) is 34.8 Å². The van der Waals surface area contributed by atoms with E-state index in [-0.39, 0.29) is 11.5 Å². The molecule has 0 aliphatic heterocycles. The largest absolute Gasteiger partial charge is 0.497 e. The summed E-state index contributed by atoms with van der Waals surface area (Å²) in [6, 6.07) is 13.3. The first-order valence-corrected chi connectivity index (χ1v) is 9.67. The van der Waals surface area contributed by atoms with Crippen molar-refractivity contribution in [1.82, 2.24) is 0 Å². The summed E-state index contributed by atoms with van der Waals surface area (Å²) >= 11 is 1.37. The molecule has 0 unspecified atom stereocenters. The molecule has 4 nitrogen and oxygen atoms in total. The van der Waals surface area contributed by atoms with E-state index in [9.17, 15) is 9.59 Å². The number of thioether (sulfide) groups is 1. The van der Waals surface area contributed by atoms with E-state index >= 15 is 0 Å².